The monoisotopic (exact) mass is 595 g/mol. The van der Waals surface area contributed by atoms with Gasteiger partial charge in [0.25, 0.3) is 5.91 Å². The number of ether oxygens (including phenoxy) is 1. The molecule has 1 aliphatic carbocycles. The molecule has 0 aromatic heterocycles. The van der Waals surface area contributed by atoms with E-state index in [-0.39, 0.29) is 11.7 Å². The zero-order valence-corrected chi connectivity index (χ0v) is 24.7. The lowest BCUT2D eigenvalue weighted by Crippen LogP contribution is -2.58. The van der Waals surface area contributed by atoms with Crippen molar-refractivity contribution in [2.75, 3.05) is 5.75 Å². The van der Waals surface area contributed by atoms with Gasteiger partial charge in [-0.05, 0) is 74.9 Å². The fourth-order valence-corrected chi connectivity index (χ4v) is 7.42. The Morgan fingerprint density at radius 1 is 1.03 bits per heavy atom. The van der Waals surface area contributed by atoms with Gasteiger partial charge in [-0.1, -0.05) is 60.3 Å². The molecule has 10 heteroatoms. The summed E-state index contributed by atoms with van der Waals surface area (Å²) in [5.41, 5.74) is 1.46. The van der Waals surface area contributed by atoms with Crippen LogP contribution in [0.15, 0.2) is 48.5 Å². The molecule has 5 atom stereocenters. The Labute approximate surface area is 240 Å². The average molecular weight is 597 g/mol. The molecule has 2 fully saturated rings. The van der Waals surface area contributed by atoms with Crippen LogP contribution in [0.4, 0.5) is 0 Å². The van der Waals surface area contributed by atoms with E-state index in [1.54, 1.807) is 56.0 Å². The highest BCUT2D eigenvalue weighted by Gasteiger charge is 2.50. The van der Waals surface area contributed by atoms with Crippen LogP contribution in [-0.2, 0) is 24.2 Å². The zero-order valence-electron chi connectivity index (χ0n) is 22.3. The van der Waals surface area contributed by atoms with Gasteiger partial charge in [0.2, 0.25) is 0 Å². The normalized spacial score (nSPS) is 26.4. The van der Waals surface area contributed by atoms with Crippen molar-refractivity contribution < 1.29 is 27.9 Å². The van der Waals surface area contributed by atoms with Crippen LogP contribution in [0.25, 0.3) is 0 Å². The number of hydrogen-bond acceptors (Lipinski definition) is 5. The Hall–Kier alpha value is -2.13. The van der Waals surface area contributed by atoms with Gasteiger partial charge in [0, 0.05) is 16.1 Å². The van der Waals surface area contributed by atoms with Crippen LogP contribution < -0.4 is 0 Å². The number of nitrogens with zero attached hydrogens (tertiary/aromatic N) is 1. The van der Waals surface area contributed by atoms with Gasteiger partial charge in [-0.3, -0.25) is 9.59 Å². The van der Waals surface area contributed by atoms with E-state index < -0.39 is 57.2 Å². The first-order valence-electron chi connectivity index (χ1n) is 13.2. The largest absolute Gasteiger partial charge is 0.481 e. The third-order valence-electron chi connectivity index (χ3n) is 7.77. The van der Waals surface area contributed by atoms with E-state index in [9.17, 15) is 23.1 Å². The third-order valence-corrected chi connectivity index (χ3v) is 11.0. The van der Waals surface area contributed by atoms with E-state index in [0.717, 1.165) is 18.4 Å². The number of morpholine rings is 1. The maximum Gasteiger partial charge on any atom is 0.306 e. The summed E-state index contributed by atoms with van der Waals surface area (Å²) in [6, 6.07) is 13.2. The molecule has 1 saturated carbocycles. The van der Waals surface area contributed by atoms with Crippen LogP contribution in [0.5, 0.6) is 0 Å². The summed E-state index contributed by atoms with van der Waals surface area (Å²) >= 11 is 12.5. The molecule has 1 aliphatic heterocycles. The summed E-state index contributed by atoms with van der Waals surface area (Å²) in [5.74, 6) is -1.95. The number of carboxylic acids is 1. The number of carbonyl (C=O) groups excluding carboxylic acids is 1. The summed E-state index contributed by atoms with van der Waals surface area (Å²) in [7, 11) is -3.48. The van der Waals surface area contributed by atoms with Gasteiger partial charge in [-0.15, -0.1) is 0 Å². The van der Waals surface area contributed by atoms with Gasteiger partial charge >= 0.3 is 5.97 Å². The smallest absolute Gasteiger partial charge is 0.306 e. The van der Waals surface area contributed by atoms with Crippen LogP contribution in [0.3, 0.4) is 0 Å². The van der Waals surface area contributed by atoms with Gasteiger partial charge in [0.15, 0.2) is 9.84 Å². The van der Waals surface area contributed by atoms with E-state index in [2.05, 4.69) is 0 Å². The number of hydrogen-bond donors (Lipinski definition) is 1. The molecule has 1 amide bonds. The van der Waals surface area contributed by atoms with Crippen LogP contribution in [0.1, 0.15) is 76.1 Å². The SMILES string of the molecule is CC(C)(C)S(=O)(=O)CC1CCCC[C@@H]1N1C(=O)[C@@H](CC(=O)O)OC(c2cccc(Cl)c2)C1c1ccc(Cl)cc1. The van der Waals surface area contributed by atoms with Gasteiger partial charge in [0.05, 0.1) is 23.0 Å². The number of carbonyl (C=O) groups is 2. The molecule has 212 valence electrons. The number of amides is 1. The number of sulfone groups is 1. The lowest BCUT2D eigenvalue weighted by molar-refractivity contribution is -0.186. The van der Waals surface area contributed by atoms with E-state index in [1.807, 2.05) is 18.2 Å². The van der Waals surface area contributed by atoms with Gasteiger partial charge in [-0.25, -0.2) is 8.42 Å². The fraction of sp³-hybridized carbons (Fsp3) is 0.517. The summed E-state index contributed by atoms with van der Waals surface area (Å²) in [4.78, 5) is 27.6. The number of carboxylic acid groups (broad SMARTS) is 1. The average Bonchev–Trinajstić information content (AvgIpc) is 2.85. The first-order chi connectivity index (χ1) is 18.3. The Kier molecular flexibility index (Phi) is 9.01. The van der Waals surface area contributed by atoms with Gasteiger partial charge in [0.1, 0.15) is 12.2 Å². The molecule has 1 N–H and O–H groups in total. The van der Waals surface area contributed by atoms with E-state index in [0.29, 0.717) is 28.5 Å². The first kappa shape index (κ1) is 29.8. The summed E-state index contributed by atoms with van der Waals surface area (Å²) in [5, 5.41) is 10.6. The Bertz CT molecular complexity index is 1310. The molecule has 7 nitrogen and oxygen atoms in total. The van der Waals surface area contributed by atoms with Crippen molar-refractivity contribution in [2.45, 2.75) is 81.9 Å². The predicted octanol–water partition coefficient (Wildman–Crippen LogP) is 6.25. The molecule has 2 aliphatic rings. The maximum atomic E-state index is 14.1. The molecule has 0 spiro atoms. The highest BCUT2D eigenvalue weighted by atomic mass is 35.5. The summed E-state index contributed by atoms with van der Waals surface area (Å²) in [6.45, 7) is 5.07. The van der Waals surface area contributed by atoms with Crippen molar-refractivity contribution in [3.8, 4) is 0 Å². The molecule has 1 heterocycles. The minimum absolute atomic E-state index is 0.0510. The standard InChI is InChI=1S/C29H35Cl2NO6S/c1-29(2,3)39(36,37)17-20-7-4-5-10-23(20)32-26(18-11-13-21(30)14-12-18)27(19-8-6-9-22(31)15-19)38-24(28(32)35)16-25(33)34/h6,8-9,11-15,20,23-24,26-27H,4-5,7,10,16-17H2,1-3H3,(H,33,34)/t20?,23-,24+,26?,27?/m0/s1. The van der Waals surface area contributed by atoms with E-state index in [4.69, 9.17) is 27.9 Å². The second kappa shape index (κ2) is 11.8. The molecule has 0 radical (unpaired) electrons. The highest BCUT2D eigenvalue weighted by molar-refractivity contribution is 7.92. The zero-order chi connectivity index (χ0) is 28.5. The molecule has 3 unspecified atom stereocenters. The van der Waals surface area contributed by atoms with Crippen LogP contribution in [0, 0.1) is 5.92 Å². The van der Waals surface area contributed by atoms with Crippen molar-refractivity contribution in [2.24, 2.45) is 5.92 Å². The fourth-order valence-electron chi connectivity index (χ4n) is 5.64. The highest BCUT2D eigenvalue weighted by Crippen LogP contribution is 2.47. The van der Waals surface area contributed by atoms with Crippen molar-refractivity contribution in [3.63, 3.8) is 0 Å². The molecular weight excluding hydrogens is 561 g/mol. The minimum Gasteiger partial charge on any atom is -0.481 e. The van der Waals surface area contributed by atoms with Crippen LogP contribution in [0.2, 0.25) is 10.0 Å². The minimum atomic E-state index is -3.48. The Morgan fingerprint density at radius 2 is 1.69 bits per heavy atom. The van der Waals surface area contributed by atoms with Gasteiger partial charge < -0.3 is 14.7 Å². The quantitative estimate of drug-likeness (QED) is 0.406. The Morgan fingerprint density at radius 3 is 2.31 bits per heavy atom. The molecule has 2 aromatic rings. The van der Waals surface area contributed by atoms with Gasteiger partial charge in [-0.2, -0.15) is 0 Å². The lowest BCUT2D eigenvalue weighted by atomic mass is 9.81. The number of halogens is 2. The first-order valence-corrected chi connectivity index (χ1v) is 15.6. The number of rotatable bonds is 7. The van der Waals surface area contributed by atoms with Crippen molar-refractivity contribution in [3.05, 3.63) is 69.7 Å². The van der Waals surface area contributed by atoms with Crippen molar-refractivity contribution >= 4 is 44.9 Å². The predicted molar refractivity (Wildman–Crippen MR) is 152 cm³/mol. The third kappa shape index (κ3) is 6.62. The topological polar surface area (TPSA) is 101 Å². The number of aliphatic carboxylic acids is 1. The Balaban J connectivity index is 1.86. The number of benzene rings is 2. The summed E-state index contributed by atoms with van der Waals surface area (Å²) in [6.07, 6.45) is 0.510. The second-order valence-electron chi connectivity index (χ2n) is 11.4. The van der Waals surface area contributed by atoms with Crippen LogP contribution in [-0.4, -0.2) is 52.9 Å². The van der Waals surface area contributed by atoms with E-state index >= 15 is 0 Å². The van der Waals surface area contributed by atoms with Crippen molar-refractivity contribution in [1.82, 2.24) is 4.90 Å². The van der Waals surface area contributed by atoms with E-state index in [1.165, 1.54) is 0 Å². The van der Waals surface area contributed by atoms with Crippen molar-refractivity contribution in [1.29, 1.82) is 0 Å². The molecule has 4 rings (SSSR count). The molecule has 0 bridgehead atoms. The maximum absolute atomic E-state index is 14.1. The molecular formula is C29H35Cl2NO6S. The summed E-state index contributed by atoms with van der Waals surface area (Å²) < 4.78 is 32.0. The van der Waals surface area contributed by atoms with Crippen LogP contribution >= 0.6 is 23.2 Å². The second-order valence-corrected chi connectivity index (χ2v) is 15.1. The lowest BCUT2D eigenvalue weighted by Gasteiger charge is -2.51. The molecule has 1 saturated heterocycles. The molecule has 2 aromatic carbocycles. The molecule has 39 heavy (non-hydrogen) atoms.